The van der Waals surface area contributed by atoms with E-state index < -0.39 is 29.4 Å². The number of amides is 3. The lowest BCUT2D eigenvalue weighted by molar-refractivity contribution is -0.149. The molecule has 0 radical (unpaired) electrons. The van der Waals surface area contributed by atoms with Gasteiger partial charge in [0.05, 0.1) is 6.61 Å². The van der Waals surface area contributed by atoms with Crippen LogP contribution in [0.3, 0.4) is 0 Å². The molecule has 6 heteroatoms. The largest absolute Gasteiger partial charge is 0.465 e. The summed E-state index contributed by atoms with van der Waals surface area (Å²) in [6, 6.07) is 8.18. The van der Waals surface area contributed by atoms with E-state index in [1.54, 1.807) is 37.3 Å². The maximum absolute atomic E-state index is 12.2. The number of hydrogen-bond acceptors (Lipinski definition) is 4. The van der Waals surface area contributed by atoms with Gasteiger partial charge in [0, 0.05) is 0 Å². The Labute approximate surface area is 116 Å². The first-order valence-corrected chi connectivity index (χ1v) is 6.34. The number of nitrogens with one attached hydrogen (secondary N) is 2. The van der Waals surface area contributed by atoms with Gasteiger partial charge in [-0.05, 0) is 19.4 Å². The molecule has 6 nitrogen and oxygen atoms in total. The minimum Gasteiger partial charge on any atom is -0.465 e. The van der Waals surface area contributed by atoms with Crippen molar-refractivity contribution in [3.05, 3.63) is 35.9 Å². The van der Waals surface area contributed by atoms with Crippen molar-refractivity contribution in [3.8, 4) is 0 Å². The van der Waals surface area contributed by atoms with E-state index in [0.717, 1.165) is 0 Å². The number of rotatable bonds is 4. The summed E-state index contributed by atoms with van der Waals surface area (Å²) in [5, 5.41) is 4.68. The van der Waals surface area contributed by atoms with Gasteiger partial charge in [-0.15, -0.1) is 0 Å². The van der Waals surface area contributed by atoms with Gasteiger partial charge >= 0.3 is 12.0 Å². The smallest absolute Gasteiger partial charge is 0.322 e. The molecular weight excluding hydrogens is 260 g/mol. The van der Waals surface area contributed by atoms with E-state index in [2.05, 4.69) is 10.6 Å². The number of imide groups is 1. The Morgan fingerprint density at radius 1 is 1.30 bits per heavy atom. The monoisotopic (exact) mass is 276 g/mol. The predicted octanol–water partition coefficient (Wildman–Crippen LogP) is 0.931. The van der Waals surface area contributed by atoms with Crippen LogP contribution in [0.2, 0.25) is 0 Å². The molecule has 2 atom stereocenters. The normalized spacial score (nSPS) is 22.9. The van der Waals surface area contributed by atoms with Gasteiger partial charge < -0.3 is 10.1 Å². The molecule has 20 heavy (non-hydrogen) atoms. The van der Waals surface area contributed by atoms with E-state index in [0.29, 0.717) is 5.56 Å². The molecule has 2 rings (SSSR count). The molecule has 3 amide bonds. The average Bonchev–Trinajstić information content (AvgIpc) is 2.65. The fourth-order valence-electron chi connectivity index (χ4n) is 2.34. The number of carbonyl (C=O) groups is 3. The first kappa shape index (κ1) is 14.0. The molecule has 0 spiro atoms. The Kier molecular flexibility index (Phi) is 3.74. The lowest BCUT2D eigenvalue weighted by Gasteiger charge is -2.29. The molecule has 1 fully saturated rings. The quantitative estimate of drug-likeness (QED) is 0.633. The van der Waals surface area contributed by atoms with Crippen LogP contribution in [0.4, 0.5) is 4.79 Å². The third-order valence-corrected chi connectivity index (χ3v) is 3.30. The molecule has 0 saturated carbocycles. The van der Waals surface area contributed by atoms with Crippen LogP contribution >= 0.6 is 0 Å². The fraction of sp³-hybridized carbons (Fsp3) is 0.357. The second kappa shape index (κ2) is 5.32. The molecule has 1 aliphatic heterocycles. The highest BCUT2D eigenvalue weighted by atomic mass is 16.5. The Morgan fingerprint density at radius 3 is 2.45 bits per heavy atom. The van der Waals surface area contributed by atoms with Gasteiger partial charge in [0.2, 0.25) is 0 Å². The van der Waals surface area contributed by atoms with Crippen molar-refractivity contribution in [1.82, 2.24) is 10.6 Å². The average molecular weight is 276 g/mol. The van der Waals surface area contributed by atoms with Gasteiger partial charge in [-0.25, -0.2) is 4.79 Å². The van der Waals surface area contributed by atoms with Crippen molar-refractivity contribution >= 4 is 17.9 Å². The van der Waals surface area contributed by atoms with Gasteiger partial charge in [0.15, 0.2) is 0 Å². The fourth-order valence-corrected chi connectivity index (χ4v) is 2.34. The Morgan fingerprint density at radius 2 is 1.95 bits per heavy atom. The van der Waals surface area contributed by atoms with E-state index in [-0.39, 0.29) is 6.61 Å². The molecule has 106 valence electrons. The van der Waals surface area contributed by atoms with Gasteiger partial charge in [0.1, 0.15) is 11.5 Å². The number of hydrogen-bond donors (Lipinski definition) is 2. The van der Waals surface area contributed by atoms with Crippen LogP contribution in [0.5, 0.6) is 0 Å². The minimum atomic E-state index is -1.36. The Bertz CT molecular complexity index is 543. The molecular formula is C14H16N2O4. The molecule has 0 bridgehead atoms. The Hall–Kier alpha value is -2.37. The summed E-state index contributed by atoms with van der Waals surface area (Å²) >= 11 is 0. The van der Waals surface area contributed by atoms with E-state index in [1.807, 2.05) is 0 Å². The molecule has 1 aromatic rings. The van der Waals surface area contributed by atoms with E-state index >= 15 is 0 Å². The van der Waals surface area contributed by atoms with Crippen LogP contribution in [0.25, 0.3) is 0 Å². The maximum Gasteiger partial charge on any atom is 0.322 e. The van der Waals surface area contributed by atoms with Crippen LogP contribution in [0.15, 0.2) is 30.3 Å². The molecule has 1 saturated heterocycles. The second-order valence-electron chi connectivity index (χ2n) is 4.71. The molecule has 0 aromatic heterocycles. The molecule has 1 aliphatic rings. The number of urea groups is 1. The summed E-state index contributed by atoms with van der Waals surface area (Å²) in [6.45, 7) is 3.41. The summed E-state index contributed by atoms with van der Waals surface area (Å²) in [5.74, 6) is -1.97. The number of esters is 1. The molecule has 2 N–H and O–H groups in total. The molecule has 2 unspecified atom stereocenters. The van der Waals surface area contributed by atoms with Crippen LogP contribution in [0, 0.1) is 0 Å². The summed E-state index contributed by atoms with van der Waals surface area (Å²) < 4.78 is 5.05. The van der Waals surface area contributed by atoms with Crippen molar-refractivity contribution in [2.45, 2.75) is 25.3 Å². The summed E-state index contributed by atoms with van der Waals surface area (Å²) in [6.07, 6.45) is 0. The zero-order valence-electron chi connectivity index (χ0n) is 11.3. The van der Waals surface area contributed by atoms with Gasteiger partial charge in [-0.3, -0.25) is 14.9 Å². The first-order chi connectivity index (χ1) is 9.49. The van der Waals surface area contributed by atoms with Crippen LogP contribution in [-0.4, -0.2) is 30.1 Å². The number of ether oxygens (including phenoxy) is 1. The van der Waals surface area contributed by atoms with Crippen LogP contribution in [0.1, 0.15) is 25.3 Å². The molecule has 1 aromatic carbocycles. The van der Waals surface area contributed by atoms with E-state index in [4.69, 9.17) is 4.74 Å². The first-order valence-electron chi connectivity index (χ1n) is 6.34. The van der Waals surface area contributed by atoms with Gasteiger partial charge in [-0.1, -0.05) is 30.3 Å². The number of carbonyl (C=O) groups excluding carboxylic acids is 3. The summed E-state index contributed by atoms with van der Waals surface area (Å²) in [5.41, 5.74) is -0.740. The van der Waals surface area contributed by atoms with Crippen molar-refractivity contribution < 1.29 is 19.1 Å². The highest BCUT2D eigenvalue weighted by Gasteiger charge is 2.52. The van der Waals surface area contributed by atoms with Crippen LogP contribution < -0.4 is 10.6 Å². The standard InChI is InChI=1S/C14H16N2O4/c1-3-20-11(17)10(9-7-5-4-6-8-9)14(2)12(18)15-13(19)16-14/h4-8,10H,3H2,1-2H3,(H2,15,16,18,19). The highest BCUT2D eigenvalue weighted by molar-refractivity contribution is 6.09. The third kappa shape index (κ3) is 2.36. The maximum atomic E-state index is 12.2. The van der Waals surface area contributed by atoms with Crippen molar-refractivity contribution in [2.24, 2.45) is 0 Å². The van der Waals surface area contributed by atoms with Crippen LogP contribution in [-0.2, 0) is 14.3 Å². The van der Waals surface area contributed by atoms with Gasteiger partial charge in [-0.2, -0.15) is 0 Å². The molecule has 0 aliphatic carbocycles. The van der Waals surface area contributed by atoms with E-state index in [1.165, 1.54) is 6.92 Å². The summed E-state index contributed by atoms with van der Waals surface area (Å²) in [7, 11) is 0. The minimum absolute atomic E-state index is 0.202. The highest BCUT2D eigenvalue weighted by Crippen LogP contribution is 2.32. The van der Waals surface area contributed by atoms with Gasteiger partial charge in [0.25, 0.3) is 5.91 Å². The van der Waals surface area contributed by atoms with E-state index in [9.17, 15) is 14.4 Å². The summed E-state index contributed by atoms with van der Waals surface area (Å²) in [4.78, 5) is 35.7. The number of benzene rings is 1. The SMILES string of the molecule is CCOC(=O)C(c1ccccc1)C1(C)NC(=O)NC1=O. The third-order valence-electron chi connectivity index (χ3n) is 3.30. The second-order valence-corrected chi connectivity index (χ2v) is 4.71. The van der Waals surface area contributed by atoms with Crippen molar-refractivity contribution in [3.63, 3.8) is 0 Å². The van der Waals surface area contributed by atoms with Crippen molar-refractivity contribution in [2.75, 3.05) is 6.61 Å². The Balaban J connectivity index is 2.44. The topological polar surface area (TPSA) is 84.5 Å². The zero-order chi connectivity index (χ0) is 14.8. The zero-order valence-corrected chi connectivity index (χ0v) is 11.3. The lowest BCUT2D eigenvalue weighted by atomic mass is 9.80. The predicted molar refractivity (Wildman–Crippen MR) is 70.9 cm³/mol. The molecule has 1 heterocycles. The van der Waals surface area contributed by atoms with Crippen molar-refractivity contribution in [1.29, 1.82) is 0 Å². The lowest BCUT2D eigenvalue weighted by Crippen LogP contribution is -2.52.